The minimum absolute atomic E-state index is 0.195. The minimum atomic E-state index is -0.548. The highest BCUT2D eigenvalue weighted by Gasteiger charge is 2.16. The van der Waals surface area contributed by atoms with Gasteiger partial charge in [0.2, 0.25) is 5.91 Å². The summed E-state index contributed by atoms with van der Waals surface area (Å²) in [6, 6.07) is -0.548. The van der Waals surface area contributed by atoms with Crippen molar-refractivity contribution in [3.05, 3.63) is 18.0 Å². The summed E-state index contributed by atoms with van der Waals surface area (Å²) in [5.41, 5.74) is 0.443. The van der Waals surface area contributed by atoms with E-state index in [4.69, 9.17) is 0 Å². The second-order valence-corrected chi connectivity index (χ2v) is 3.49. The van der Waals surface area contributed by atoms with Crippen molar-refractivity contribution in [2.24, 2.45) is 7.05 Å². The number of aryl methyl sites for hydroxylation is 1. The number of hydrogen-bond acceptors (Lipinski definition) is 3. The van der Waals surface area contributed by atoms with Gasteiger partial charge in [-0.3, -0.25) is 14.3 Å². The molecular weight excluding hydrogens is 208 g/mol. The lowest BCUT2D eigenvalue weighted by Gasteiger charge is -2.12. The molecule has 1 aromatic rings. The Labute approximate surface area is 94.0 Å². The SMILES string of the molecule is CCNC(=O)C(C)NC(=O)c1cnn(C)c1. The van der Waals surface area contributed by atoms with Crippen LogP contribution < -0.4 is 10.6 Å². The van der Waals surface area contributed by atoms with Gasteiger partial charge in [0.05, 0.1) is 11.8 Å². The van der Waals surface area contributed by atoms with E-state index in [1.807, 2.05) is 6.92 Å². The average Bonchev–Trinajstić information content (AvgIpc) is 2.65. The summed E-state index contributed by atoms with van der Waals surface area (Å²) >= 11 is 0. The van der Waals surface area contributed by atoms with Crippen molar-refractivity contribution in [1.29, 1.82) is 0 Å². The highest BCUT2D eigenvalue weighted by atomic mass is 16.2. The van der Waals surface area contributed by atoms with E-state index < -0.39 is 6.04 Å². The van der Waals surface area contributed by atoms with Crippen LogP contribution in [0, 0.1) is 0 Å². The number of nitrogens with zero attached hydrogens (tertiary/aromatic N) is 2. The van der Waals surface area contributed by atoms with Gasteiger partial charge in [-0.25, -0.2) is 0 Å². The number of aromatic nitrogens is 2. The van der Waals surface area contributed by atoms with E-state index in [0.717, 1.165) is 0 Å². The van der Waals surface area contributed by atoms with Gasteiger partial charge in [-0.1, -0.05) is 0 Å². The smallest absolute Gasteiger partial charge is 0.255 e. The number of likely N-dealkylation sites (N-methyl/N-ethyl adjacent to an activating group) is 1. The van der Waals surface area contributed by atoms with Crippen molar-refractivity contribution < 1.29 is 9.59 Å². The Balaban J connectivity index is 2.54. The zero-order chi connectivity index (χ0) is 12.1. The van der Waals surface area contributed by atoms with Gasteiger partial charge in [0, 0.05) is 19.8 Å². The Kier molecular flexibility index (Phi) is 4.04. The molecule has 0 spiro atoms. The van der Waals surface area contributed by atoms with Gasteiger partial charge in [0.1, 0.15) is 6.04 Å². The first-order chi connectivity index (χ1) is 7.54. The zero-order valence-corrected chi connectivity index (χ0v) is 9.65. The molecular formula is C10H16N4O2. The highest BCUT2D eigenvalue weighted by molar-refractivity contribution is 5.96. The summed E-state index contributed by atoms with van der Waals surface area (Å²) in [6.07, 6.45) is 3.06. The molecule has 0 saturated carbocycles. The second-order valence-electron chi connectivity index (χ2n) is 3.49. The van der Waals surface area contributed by atoms with Crippen LogP contribution in [0.1, 0.15) is 24.2 Å². The average molecular weight is 224 g/mol. The fraction of sp³-hybridized carbons (Fsp3) is 0.500. The fourth-order valence-electron chi connectivity index (χ4n) is 1.21. The van der Waals surface area contributed by atoms with Gasteiger partial charge in [0.25, 0.3) is 5.91 Å². The van der Waals surface area contributed by atoms with Crippen molar-refractivity contribution in [3.8, 4) is 0 Å². The largest absolute Gasteiger partial charge is 0.355 e. The molecule has 0 aromatic carbocycles. The molecule has 0 aliphatic rings. The molecule has 1 aromatic heterocycles. The molecule has 0 saturated heterocycles. The van der Waals surface area contributed by atoms with E-state index in [1.165, 1.54) is 10.9 Å². The molecule has 6 heteroatoms. The van der Waals surface area contributed by atoms with Crippen LogP contribution in [-0.2, 0) is 11.8 Å². The van der Waals surface area contributed by atoms with Crippen LogP contribution in [0.5, 0.6) is 0 Å². The van der Waals surface area contributed by atoms with E-state index >= 15 is 0 Å². The Bertz CT molecular complexity index is 386. The van der Waals surface area contributed by atoms with Crippen LogP contribution in [0.3, 0.4) is 0 Å². The summed E-state index contributed by atoms with van der Waals surface area (Å²) in [4.78, 5) is 23.0. The van der Waals surface area contributed by atoms with Gasteiger partial charge in [0.15, 0.2) is 0 Å². The third kappa shape index (κ3) is 3.08. The number of carbonyl (C=O) groups is 2. The topological polar surface area (TPSA) is 76.0 Å². The molecule has 0 bridgehead atoms. The number of amides is 2. The van der Waals surface area contributed by atoms with E-state index in [-0.39, 0.29) is 11.8 Å². The van der Waals surface area contributed by atoms with E-state index in [0.29, 0.717) is 12.1 Å². The van der Waals surface area contributed by atoms with Crippen LogP contribution in [0.25, 0.3) is 0 Å². The highest BCUT2D eigenvalue weighted by Crippen LogP contribution is 1.96. The first kappa shape index (κ1) is 12.2. The van der Waals surface area contributed by atoms with Crippen molar-refractivity contribution in [3.63, 3.8) is 0 Å². The number of rotatable bonds is 4. The van der Waals surface area contributed by atoms with Crippen LogP contribution in [-0.4, -0.2) is 34.2 Å². The summed E-state index contributed by atoms with van der Waals surface area (Å²) in [6.45, 7) is 4.01. The molecule has 0 aliphatic heterocycles. The van der Waals surface area contributed by atoms with E-state index in [9.17, 15) is 9.59 Å². The predicted octanol–water partition coefficient (Wildman–Crippen LogP) is -0.325. The fourth-order valence-corrected chi connectivity index (χ4v) is 1.21. The summed E-state index contributed by atoms with van der Waals surface area (Å²) < 4.78 is 1.53. The molecule has 6 nitrogen and oxygen atoms in total. The van der Waals surface area contributed by atoms with Crippen molar-refractivity contribution in [2.45, 2.75) is 19.9 Å². The predicted molar refractivity (Wildman–Crippen MR) is 58.8 cm³/mol. The first-order valence-corrected chi connectivity index (χ1v) is 5.11. The lowest BCUT2D eigenvalue weighted by molar-refractivity contribution is -0.122. The van der Waals surface area contributed by atoms with Crippen LogP contribution in [0.2, 0.25) is 0 Å². The van der Waals surface area contributed by atoms with Crippen molar-refractivity contribution >= 4 is 11.8 Å². The number of carbonyl (C=O) groups excluding carboxylic acids is 2. The van der Waals surface area contributed by atoms with E-state index in [2.05, 4.69) is 15.7 Å². The number of nitrogens with one attached hydrogen (secondary N) is 2. The van der Waals surface area contributed by atoms with Crippen molar-refractivity contribution in [2.75, 3.05) is 6.54 Å². The standard InChI is InChI=1S/C10H16N4O2/c1-4-11-9(15)7(2)13-10(16)8-5-12-14(3)6-8/h5-7H,4H2,1-3H3,(H,11,15)(H,13,16). The molecule has 1 heterocycles. The Morgan fingerprint density at radius 3 is 2.75 bits per heavy atom. The minimum Gasteiger partial charge on any atom is -0.355 e. The molecule has 1 rings (SSSR count). The zero-order valence-electron chi connectivity index (χ0n) is 9.65. The Hall–Kier alpha value is -1.85. The monoisotopic (exact) mass is 224 g/mol. The van der Waals surface area contributed by atoms with Gasteiger partial charge in [-0.15, -0.1) is 0 Å². The summed E-state index contributed by atoms with van der Waals surface area (Å²) in [5.74, 6) is -0.494. The van der Waals surface area contributed by atoms with E-state index in [1.54, 1.807) is 20.2 Å². The summed E-state index contributed by atoms with van der Waals surface area (Å²) in [7, 11) is 1.73. The van der Waals surface area contributed by atoms with Crippen molar-refractivity contribution in [1.82, 2.24) is 20.4 Å². The molecule has 0 fully saturated rings. The maximum absolute atomic E-state index is 11.6. The Morgan fingerprint density at radius 2 is 2.25 bits per heavy atom. The molecule has 0 aliphatic carbocycles. The lowest BCUT2D eigenvalue weighted by Crippen LogP contribution is -2.44. The third-order valence-electron chi connectivity index (χ3n) is 2.06. The molecule has 0 radical (unpaired) electrons. The van der Waals surface area contributed by atoms with Crippen LogP contribution >= 0.6 is 0 Å². The molecule has 2 N–H and O–H groups in total. The maximum atomic E-state index is 11.6. The van der Waals surface area contributed by atoms with Gasteiger partial charge in [-0.2, -0.15) is 5.10 Å². The quantitative estimate of drug-likeness (QED) is 0.735. The maximum Gasteiger partial charge on any atom is 0.255 e. The van der Waals surface area contributed by atoms with Gasteiger partial charge >= 0.3 is 0 Å². The summed E-state index contributed by atoms with van der Waals surface area (Å²) in [5, 5.41) is 9.10. The molecule has 88 valence electrons. The first-order valence-electron chi connectivity index (χ1n) is 5.11. The van der Waals surface area contributed by atoms with Crippen LogP contribution in [0.15, 0.2) is 12.4 Å². The van der Waals surface area contributed by atoms with Gasteiger partial charge < -0.3 is 10.6 Å². The van der Waals surface area contributed by atoms with Crippen LogP contribution in [0.4, 0.5) is 0 Å². The molecule has 16 heavy (non-hydrogen) atoms. The molecule has 2 amide bonds. The normalized spacial score (nSPS) is 11.9. The van der Waals surface area contributed by atoms with Gasteiger partial charge in [-0.05, 0) is 13.8 Å². The lowest BCUT2D eigenvalue weighted by atomic mass is 10.2. The molecule has 1 unspecified atom stereocenters. The number of hydrogen-bond donors (Lipinski definition) is 2. The molecule has 1 atom stereocenters. The second kappa shape index (κ2) is 5.29. The third-order valence-corrected chi connectivity index (χ3v) is 2.06. The Morgan fingerprint density at radius 1 is 1.56 bits per heavy atom.